The Bertz CT molecular complexity index is 976. The monoisotopic (exact) mass is 414 g/mol. The first-order valence-electron chi connectivity index (χ1n) is 8.73. The Morgan fingerprint density at radius 1 is 0.931 bits per heavy atom. The molecule has 0 radical (unpaired) electrons. The average molecular weight is 414 g/mol. The summed E-state index contributed by atoms with van der Waals surface area (Å²) in [4.78, 5) is 18.7. The number of hydrogen-bond acceptors (Lipinski definition) is 7. The highest BCUT2D eigenvalue weighted by Crippen LogP contribution is 2.43. The number of aromatic nitrogens is 1. The average Bonchev–Trinajstić information content (AvgIpc) is 3.22. The summed E-state index contributed by atoms with van der Waals surface area (Å²) in [5.41, 5.74) is 2.27. The Morgan fingerprint density at radius 2 is 1.55 bits per heavy atom. The van der Waals surface area contributed by atoms with E-state index in [-0.39, 0.29) is 5.91 Å². The normalized spacial score (nSPS) is 10.4. The second-order valence-electron chi connectivity index (χ2n) is 5.98. The molecule has 0 atom stereocenters. The molecule has 0 spiro atoms. The molecule has 0 N–H and O–H groups in total. The van der Waals surface area contributed by atoms with E-state index < -0.39 is 0 Å². The van der Waals surface area contributed by atoms with Gasteiger partial charge in [0.1, 0.15) is 5.75 Å². The van der Waals surface area contributed by atoms with Crippen LogP contribution in [0.4, 0.5) is 10.8 Å². The van der Waals surface area contributed by atoms with Crippen LogP contribution in [0.2, 0.25) is 0 Å². The van der Waals surface area contributed by atoms with Gasteiger partial charge in [0.05, 0.1) is 39.8 Å². The molecule has 3 rings (SSSR count). The number of nitrogens with zero attached hydrogens (tertiary/aromatic N) is 2. The smallest absolute Gasteiger partial charge is 0.230 e. The van der Waals surface area contributed by atoms with Crippen LogP contribution in [-0.2, 0) is 4.79 Å². The molecule has 0 aliphatic rings. The van der Waals surface area contributed by atoms with Crippen molar-refractivity contribution < 1.29 is 23.7 Å². The highest BCUT2D eigenvalue weighted by molar-refractivity contribution is 7.14. The molecule has 8 heteroatoms. The summed E-state index contributed by atoms with van der Waals surface area (Å²) >= 11 is 1.37. The molecule has 0 aliphatic heterocycles. The molecule has 7 nitrogen and oxygen atoms in total. The quantitative estimate of drug-likeness (QED) is 0.566. The van der Waals surface area contributed by atoms with Gasteiger partial charge in [-0.2, -0.15) is 0 Å². The van der Waals surface area contributed by atoms with Crippen molar-refractivity contribution in [3.63, 3.8) is 0 Å². The molecule has 1 aromatic heterocycles. The maximum absolute atomic E-state index is 12.5. The highest BCUT2D eigenvalue weighted by Gasteiger charge is 2.23. The van der Waals surface area contributed by atoms with Crippen molar-refractivity contribution in [2.75, 3.05) is 33.3 Å². The molecule has 3 aromatic rings. The van der Waals surface area contributed by atoms with Crippen molar-refractivity contribution in [2.45, 2.75) is 6.92 Å². The maximum Gasteiger partial charge on any atom is 0.230 e. The fraction of sp³-hybridized carbons (Fsp3) is 0.238. The van der Waals surface area contributed by atoms with Crippen LogP contribution in [0.25, 0.3) is 11.3 Å². The number of anilines is 2. The van der Waals surface area contributed by atoms with Gasteiger partial charge < -0.3 is 18.9 Å². The van der Waals surface area contributed by atoms with Crippen LogP contribution in [0.3, 0.4) is 0 Å². The fourth-order valence-electron chi connectivity index (χ4n) is 2.88. The van der Waals surface area contributed by atoms with E-state index in [0.717, 1.165) is 17.0 Å². The minimum atomic E-state index is -0.185. The third-order valence-electron chi connectivity index (χ3n) is 4.29. The lowest BCUT2D eigenvalue weighted by molar-refractivity contribution is -0.115. The van der Waals surface area contributed by atoms with Crippen LogP contribution in [0.5, 0.6) is 23.0 Å². The number of carbonyl (C=O) groups is 1. The van der Waals surface area contributed by atoms with Crippen molar-refractivity contribution in [3.8, 4) is 34.3 Å². The summed E-state index contributed by atoms with van der Waals surface area (Å²) in [5, 5.41) is 2.45. The zero-order valence-corrected chi connectivity index (χ0v) is 17.7. The number of amides is 1. The number of ether oxygens (including phenoxy) is 4. The first kappa shape index (κ1) is 20.5. The number of methoxy groups -OCH3 is 4. The Hall–Kier alpha value is -3.26. The Kier molecular flexibility index (Phi) is 6.23. The van der Waals surface area contributed by atoms with E-state index in [1.54, 1.807) is 19.2 Å². The Morgan fingerprint density at radius 3 is 2.03 bits per heavy atom. The van der Waals surface area contributed by atoms with Gasteiger partial charge in [-0.3, -0.25) is 9.69 Å². The minimum absolute atomic E-state index is 0.185. The third-order valence-corrected chi connectivity index (χ3v) is 5.12. The van der Waals surface area contributed by atoms with Gasteiger partial charge in [-0.1, -0.05) is 0 Å². The van der Waals surface area contributed by atoms with Gasteiger partial charge in [0.25, 0.3) is 0 Å². The van der Waals surface area contributed by atoms with Gasteiger partial charge in [-0.15, -0.1) is 11.3 Å². The van der Waals surface area contributed by atoms with Crippen molar-refractivity contribution in [3.05, 3.63) is 41.8 Å². The molecular formula is C21H22N2O5S. The van der Waals surface area contributed by atoms with E-state index in [2.05, 4.69) is 4.98 Å². The molecule has 0 aliphatic carbocycles. The van der Waals surface area contributed by atoms with Gasteiger partial charge in [0.15, 0.2) is 16.6 Å². The van der Waals surface area contributed by atoms with Crippen molar-refractivity contribution in [1.82, 2.24) is 4.98 Å². The SMILES string of the molecule is COc1ccc(-c2csc(N(C(C)=O)c3cc(OC)c(OC)c(OC)c3)n2)cc1. The number of carbonyl (C=O) groups excluding carboxylic acids is 1. The molecule has 0 unspecified atom stereocenters. The maximum atomic E-state index is 12.5. The molecular weight excluding hydrogens is 392 g/mol. The van der Waals surface area contributed by atoms with E-state index in [1.165, 1.54) is 44.5 Å². The molecule has 0 bridgehead atoms. The molecule has 2 aromatic carbocycles. The third kappa shape index (κ3) is 4.12. The summed E-state index contributed by atoms with van der Waals surface area (Å²) in [7, 11) is 6.22. The van der Waals surface area contributed by atoms with Crippen molar-refractivity contribution >= 4 is 28.1 Å². The van der Waals surface area contributed by atoms with Crippen LogP contribution in [-0.4, -0.2) is 39.3 Å². The first-order valence-corrected chi connectivity index (χ1v) is 9.61. The van der Waals surface area contributed by atoms with Crippen LogP contribution in [0.1, 0.15) is 6.92 Å². The lowest BCUT2D eigenvalue weighted by atomic mass is 10.2. The summed E-state index contributed by atoms with van der Waals surface area (Å²) in [6.07, 6.45) is 0. The Labute approximate surface area is 173 Å². The fourth-order valence-corrected chi connectivity index (χ4v) is 3.78. The zero-order valence-electron chi connectivity index (χ0n) is 16.9. The minimum Gasteiger partial charge on any atom is -0.497 e. The van der Waals surface area contributed by atoms with Crippen LogP contribution >= 0.6 is 11.3 Å². The van der Waals surface area contributed by atoms with E-state index in [9.17, 15) is 4.79 Å². The van der Waals surface area contributed by atoms with Gasteiger partial charge in [-0.05, 0) is 24.3 Å². The number of thiazole rings is 1. The first-order chi connectivity index (χ1) is 14.0. The summed E-state index contributed by atoms with van der Waals surface area (Å²) in [6, 6.07) is 11.0. The van der Waals surface area contributed by atoms with E-state index >= 15 is 0 Å². The molecule has 1 amide bonds. The van der Waals surface area contributed by atoms with E-state index in [4.69, 9.17) is 18.9 Å². The summed E-state index contributed by atoms with van der Waals surface area (Å²) in [6.45, 7) is 1.48. The van der Waals surface area contributed by atoms with Gasteiger partial charge in [0.2, 0.25) is 11.7 Å². The molecule has 152 valence electrons. The molecule has 1 heterocycles. The van der Waals surface area contributed by atoms with Crippen molar-refractivity contribution in [1.29, 1.82) is 0 Å². The van der Waals surface area contributed by atoms with Crippen molar-refractivity contribution in [2.24, 2.45) is 0 Å². The largest absolute Gasteiger partial charge is 0.497 e. The van der Waals surface area contributed by atoms with E-state index in [0.29, 0.717) is 28.1 Å². The topological polar surface area (TPSA) is 70.1 Å². The van der Waals surface area contributed by atoms with E-state index in [1.807, 2.05) is 29.6 Å². The molecule has 0 saturated heterocycles. The second-order valence-corrected chi connectivity index (χ2v) is 6.82. The Balaban J connectivity index is 2.03. The van der Waals surface area contributed by atoms with Gasteiger partial charge >= 0.3 is 0 Å². The van der Waals surface area contributed by atoms with Crippen LogP contribution < -0.4 is 23.8 Å². The number of rotatable bonds is 7. The molecule has 0 saturated carbocycles. The zero-order chi connectivity index (χ0) is 21.0. The summed E-state index contributed by atoms with van der Waals surface area (Å²) in [5.74, 6) is 1.96. The van der Waals surface area contributed by atoms with Gasteiger partial charge in [-0.25, -0.2) is 4.98 Å². The lowest BCUT2D eigenvalue weighted by Crippen LogP contribution is -2.22. The van der Waals surface area contributed by atoms with Gasteiger partial charge in [0, 0.05) is 30.0 Å². The standard InChI is InChI=1S/C21H22N2O5S/c1-13(24)23(15-10-18(26-3)20(28-5)19(11-15)27-4)21-22-17(12-29-21)14-6-8-16(25-2)9-7-14/h6-12H,1-5H3. The summed E-state index contributed by atoms with van der Waals surface area (Å²) < 4.78 is 21.4. The number of benzene rings is 2. The van der Waals surface area contributed by atoms with Crippen LogP contribution in [0, 0.1) is 0 Å². The molecule has 0 fully saturated rings. The second kappa shape index (κ2) is 8.83. The lowest BCUT2D eigenvalue weighted by Gasteiger charge is -2.21. The molecule has 29 heavy (non-hydrogen) atoms. The van der Waals surface area contributed by atoms with Crippen LogP contribution in [0.15, 0.2) is 41.8 Å². The predicted octanol–water partition coefficient (Wildman–Crippen LogP) is 4.53. The number of hydrogen-bond donors (Lipinski definition) is 0. The highest BCUT2D eigenvalue weighted by atomic mass is 32.1. The predicted molar refractivity (Wildman–Crippen MR) is 113 cm³/mol.